The third kappa shape index (κ3) is 7.91. The van der Waals surface area contributed by atoms with E-state index in [-0.39, 0.29) is 24.7 Å². The first-order chi connectivity index (χ1) is 13.4. The molecule has 8 nitrogen and oxygen atoms in total. The predicted molar refractivity (Wildman–Crippen MR) is 107 cm³/mol. The molecule has 0 unspecified atom stereocenters. The minimum Gasteiger partial charge on any atom is -0.351 e. The highest BCUT2D eigenvalue weighted by atomic mass is 32.2. The topological polar surface area (TPSA) is 110 Å². The highest BCUT2D eigenvalue weighted by Gasteiger charge is 2.16. The van der Waals surface area contributed by atoms with Crippen LogP contribution in [0.3, 0.4) is 0 Å². The number of rotatable bonds is 11. The molecule has 0 saturated heterocycles. The maximum absolute atomic E-state index is 12.0. The van der Waals surface area contributed by atoms with Gasteiger partial charge in [0.15, 0.2) is 9.84 Å². The standard InChI is InChI=1S/C19H26N4O4S/c1-2-3-4-11-28(26,27)15-19(25)20-13-16-7-5-8-17(12-16)22-18(24)14-23-10-6-9-21-23/h5-10,12H,2-4,11,13-15H2,1H3,(H,20,25)(H,22,24). The van der Waals surface area contributed by atoms with Gasteiger partial charge in [0.1, 0.15) is 12.3 Å². The molecule has 0 spiro atoms. The number of nitrogens with zero attached hydrogens (tertiary/aromatic N) is 2. The first-order valence-corrected chi connectivity index (χ1v) is 11.0. The van der Waals surface area contributed by atoms with Crippen molar-refractivity contribution >= 4 is 27.3 Å². The number of carbonyl (C=O) groups excluding carboxylic acids is 2. The van der Waals surface area contributed by atoms with Crippen LogP contribution in [0.4, 0.5) is 5.69 Å². The van der Waals surface area contributed by atoms with Crippen LogP contribution in [0.15, 0.2) is 42.7 Å². The van der Waals surface area contributed by atoms with E-state index in [4.69, 9.17) is 0 Å². The molecule has 28 heavy (non-hydrogen) atoms. The molecular weight excluding hydrogens is 380 g/mol. The molecule has 2 rings (SSSR count). The Labute approximate surface area is 165 Å². The van der Waals surface area contributed by atoms with Crippen LogP contribution < -0.4 is 10.6 Å². The molecule has 0 aliphatic rings. The fourth-order valence-electron chi connectivity index (χ4n) is 2.60. The number of amides is 2. The van der Waals surface area contributed by atoms with Crippen LogP contribution in [0.25, 0.3) is 0 Å². The molecule has 2 amide bonds. The van der Waals surface area contributed by atoms with Gasteiger partial charge in [-0.05, 0) is 30.2 Å². The highest BCUT2D eigenvalue weighted by molar-refractivity contribution is 7.92. The van der Waals surface area contributed by atoms with Gasteiger partial charge in [-0.25, -0.2) is 8.42 Å². The van der Waals surface area contributed by atoms with Crippen molar-refractivity contribution in [3.8, 4) is 0 Å². The number of unbranched alkanes of at least 4 members (excludes halogenated alkanes) is 2. The zero-order valence-corrected chi connectivity index (χ0v) is 16.7. The van der Waals surface area contributed by atoms with E-state index < -0.39 is 21.5 Å². The number of benzene rings is 1. The van der Waals surface area contributed by atoms with Gasteiger partial charge >= 0.3 is 0 Å². The van der Waals surface area contributed by atoms with Gasteiger partial charge < -0.3 is 10.6 Å². The van der Waals surface area contributed by atoms with Crippen molar-refractivity contribution in [2.24, 2.45) is 0 Å². The van der Waals surface area contributed by atoms with E-state index in [1.807, 2.05) is 6.92 Å². The number of hydrogen-bond donors (Lipinski definition) is 2. The Balaban J connectivity index is 1.82. The van der Waals surface area contributed by atoms with Crippen molar-refractivity contribution in [1.82, 2.24) is 15.1 Å². The minimum absolute atomic E-state index is 0.0338. The normalized spacial score (nSPS) is 11.2. The maximum Gasteiger partial charge on any atom is 0.246 e. The van der Waals surface area contributed by atoms with Gasteiger partial charge in [-0.15, -0.1) is 0 Å². The van der Waals surface area contributed by atoms with E-state index in [0.717, 1.165) is 18.4 Å². The Morgan fingerprint density at radius 1 is 1.14 bits per heavy atom. The molecule has 0 atom stereocenters. The summed E-state index contributed by atoms with van der Waals surface area (Å²) in [4.78, 5) is 23.9. The molecule has 0 aliphatic carbocycles. The van der Waals surface area contributed by atoms with E-state index >= 15 is 0 Å². The van der Waals surface area contributed by atoms with Crippen molar-refractivity contribution in [2.45, 2.75) is 39.3 Å². The molecule has 1 aromatic carbocycles. The summed E-state index contributed by atoms with van der Waals surface area (Å²) in [6.45, 7) is 2.28. The Hall–Kier alpha value is -2.68. The smallest absolute Gasteiger partial charge is 0.246 e. The maximum atomic E-state index is 12.0. The van der Waals surface area contributed by atoms with E-state index in [0.29, 0.717) is 12.1 Å². The fraction of sp³-hybridized carbons (Fsp3) is 0.421. The first-order valence-electron chi connectivity index (χ1n) is 9.21. The summed E-state index contributed by atoms with van der Waals surface area (Å²) in [6.07, 6.45) is 5.63. The second kappa shape index (κ2) is 10.6. The molecule has 2 N–H and O–H groups in total. The number of aromatic nitrogens is 2. The molecule has 0 aliphatic heterocycles. The highest BCUT2D eigenvalue weighted by Crippen LogP contribution is 2.11. The predicted octanol–water partition coefficient (Wildman–Crippen LogP) is 1.74. The molecule has 152 valence electrons. The molecule has 0 bridgehead atoms. The van der Waals surface area contributed by atoms with Gasteiger partial charge in [0.05, 0.1) is 5.75 Å². The van der Waals surface area contributed by atoms with Crippen LogP contribution in [-0.4, -0.2) is 41.5 Å². The summed E-state index contributed by atoms with van der Waals surface area (Å²) in [5.41, 5.74) is 1.35. The van der Waals surface area contributed by atoms with Crippen LogP contribution >= 0.6 is 0 Å². The molecular formula is C19H26N4O4S. The SMILES string of the molecule is CCCCCS(=O)(=O)CC(=O)NCc1cccc(NC(=O)Cn2cccn2)c1. The summed E-state index contributed by atoms with van der Waals surface area (Å²) in [6, 6.07) is 8.76. The lowest BCUT2D eigenvalue weighted by molar-refractivity contribution is -0.119. The zero-order chi connectivity index (χ0) is 20.4. The average molecular weight is 407 g/mol. The number of nitrogens with one attached hydrogen (secondary N) is 2. The molecule has 1 heterocycles. The van der Waals surface area contributed by atoms with Gasteiger partial charge in [0, 0.05) is 24.6 Å². The van der Waals surface area contributed by atoms with Crippen LogP contribution in [0.5, 0.6) is 0 Å². The number of sulfone groups is 1. The second-order valence-electron chi connectivity index (χ2n) is 6.53. The van der Waals surface area contributed by atoms with Crippen LogP contribution in [-0.2, 0) is 32.5 Å². The Morgan fingerprint density at radius 2 is 1.96 bits per heavy atom. The fourth-order valence-corrected chi connectivity index (χ4v) is 3.89. The van der Waals surface area contributed by atoms with Crippen LogP contribution in [0.1, 0.15) is 31.7 Å². The van der Waals surface area contributed by atoms with E-state index in [1.165, 1.54) is 4.68 Å². The van der Waals surface area contributed by atoms with E-state index in [9.17, 15) is 18.0 Å². The lowest BCUT2D eigenvalue weighted by atomic mass is 10.2. The largest absolute Gasteiger partial charge is 0.351 e. The van der Waals surface area contributed by atoms with Crippen molar-refractivity contribution < 1.29 is 18.0 Å². The van der Waals surface area contributed by atoms with Crippen molar-refractivity contribution in [3.63, 3.8) is 0 Å². The lowest BCUT2D eigenvalue weighted by Gasteiger charge is -2.09. The Bertz CT molecular complexity index is 879. The number of anilines is 1. The van der Waals surface area contributed by atoms with Crippen molar-refractivity contribution in [3.05, 3.63) is 48.3 Å². The van der Waals surface area contributed by atoms with Gasteiger partial charge in [0.25, 0.3) is 0 Å². The molecule has 1 aromatic heterocycles. The molecule has 9 heteroatoms. The van der Waals surface area contributed by atoms with Crippen LogP contribution in [0.2, 0.25) is 0 Å². The summed E-state index contributed by atoms with van der Waals surface area (Å²) in [5, 5.41) is 9.36. The minimum atomic E-state index is -3.38. The van der Waals surface area contributed by atoms with Crippen LogP contribution in [0, 0.1) is 0 Å². The van der Waals surface area contributed by atoms with Crippen molar-refractivity contribution in [1.29, 1.82) is 0 Å². The lowest BCUT2D eigenvalue weighted by Crippen LogP contribution is -2.31. The Kier molecular flexibility index (Phi) is 8.19. The molecule has 0 radical (unpaired) electrons. The van der Waals surface area contributed by atoms with Gasteiger partial charge in [-0.1, -0.05) is 31.9 Å². The van der Waals surface area contributed by atoms with Gasteiger partial charge in [-0.2, -0.15) is 5.10 Å². The van der Waals surface area contributed by atoms with Crippen molar-refractivity contribution in [2.75, 3.05) is 16.8 Å². The second-order valence-corrected chi connectivity index (χ2v) is 8.71. The first kappa shape index (κ1) is 21.6. The molecule has 2 aromatic rings. The summed E-state index contributed by atoms with van der Waals surface area (Å²) >= 11 is 0. The number of carbonyl (C=O) groups is 2. The van der Waals surface area contributed by atoms with Gasteiger partial charge in [0.2, 0.25) is 11.8 Å². The molecule has 0 fully saturated rings. The molecule has 0 saturated carbocycles. The third-order valence-corrected chi connectivity index (χ3v) is 5.59. The summed E-state index contributed by atoms with van der Waals surface area (Å²) < 4.78 is 25.3. The Morgan fingerprint density at radius 3 is 2.68 bits per heavy atom. The average Bonchev–Trinajstić information content (AvgIpc) is 3.13. The number of hydrogen-bond acceptors (Lipinski definition) is 5. The van der Waals surface area contributed by atoms with E-state index in [1.54, 1.807) is 42.7 Å². The van der Waals surface area contributed by atoms with Gasteiger partial charge in [-0.3, -0.25) is 14.3 Å². The summed E-state index contributed by atoms with van der Waals surface area (Å²) in [7, 11) is -3.38. The quantitative estimate of drug-likeness (QED) is 0.552. The third-order valence-electron chi connectivity index (χ3n) is 3.98. The monoisotopic (exact) mass is 406 g/mol. The van der Waals surface area contributed by atoms with E-state index in [2.05, 4.69) is 15.7 Å². The summed E-state index contributed by atoms with van der Waals surface area (Å²) in [5.74, 6) is -1.21. The zero-order valence-electron chi connectivity index (χ0n) is 15.9.